The fourth-order valence-electron chi connectivity index (χ4n) is 2.91. The molecule has 0 aliphatic carbocycles. The van der Waals surface area contributed by atoms with Crippen LogP contribution in [0.2, 0.25) is 0 Å². The maximum Gasteiger partial charge on any atom is 0.208 e. The highest BCUT2D eigenvalue weighted by molar-refractivity contribution is 14.0. The maximum absolute atomic E-state index is 11.0. The molecule has 1 aromatic rings. The Labute approximate surface area is 178 Å². The van der Waals surface area contributed by atoms with Crippen molar-refractivity contribution in [2.75, 3.05) is 46.0 Å². The molecule has 0 bridgehead atoms. The van der Waals surface area contributed by atoms with Crippen LogP contribution in [0.5, 0.6) is 0 Å². The summed E-state index contributed by atoms with van der Waals surface area (Å²) in [6.07, 6.45) is 4.41. The Morgan fingerprint density at radius 3 is 2.62 bits per heavy atom. The minimum atomic E-state index is -3.11. The topological polar surface area (TPSA) is 85.8 Å². The van der Waals surface area contributed by atoms with Crippen LogP contribution in [0.15, 0.2) is 22.5 Å². The minimum Gasteiger partial charge on any atom is -0.356 e. The Hall–Kier alpha value is -0.430. The van der Waals surface area contributed by atoms with E-state index in [-0.39, 0.29) is 24.0 Å². The lowest BCUT2D eigenvalue weighted by Crippen LogP contribution is -2.43. The van der Waals surface area contributed by atoms with Crippen LogP contribution in [-0.4, -0.2) is 65.3 Å². The van der Waals surface area contributed by atoms with Gasteiger partial charge in [0, 0.05) is 31.6 Å². The molecule has 1 fully saturated rings. The first-order valence-corrected chi connectivity index (χ1v) is 11.4. The van der Waals surface area contributed by atoms with Crippen molar-refractivity contribution in [3.63, 3.8) is 0 Å². The van der Waals surface area contributed by atoms with Crippen molar-refractivity contribution in [3.8, 4) is 0 Å². The third-order valence-corrected chi connectivity index (χ3v) is 5.85. The van der Waals surface area contributed by atoms with Gasteiger partial charge in [-0.2, -0.15) is 0 Å². The van der Waals surface area contributed by atoms with Crippen LogP contribution in [0.4, 0.5) is 0 Å². The Kier molecular flexibility index (Phi) is 11.0. The molecule has 26 heavy (non-hydrogen) atoms. The van der Waals surface area contributed by atoms with E-state index in [0.29, 0.717) is 25.6 Å². The molecule has 0 radical (unpaired) electrons. The number of nitrogens with one attached hydrogen (secondary N) is 3. The molecule has 1 atom stereocenters. The number of hydrogen-bond donors (Lipinski definition) is 3. The first kappa shape index (κ1) is 23.6. The molecule has 3 N–H and O–H groups in total. The molecule has 1 saturated heterocycles. The van der Waals surface area contributed by atoms with E-state index in [2.05, 4.69) is 42.8 Å². The second kappa shape index (κ2) is 12.1. The summed E-state index contributed by atoms with van der Waals surface area (Å²) in [5.74, 6) is 0.750. The van der Waals surface area contributed by atoms with Gasteiger partial charge in [0.15, 0.2) is 5.96 Å². The quantitative estimate of drug-likeness (QED) is 0.202. The number of nitrogens with zero attached hydrogens (tertiary/aromatic N) is 2. The summed E-state index contributed by atoms with van der Waals surface area (Å²) in [6, 6.07) is 4.67. The minimum absolute atomic E-state index is 0. The van der Waals surface area contributed by atoms with E-state index in [9.17, 15) is 8.42 Å². The number of sulfonamides is 1. The second-order valence-electron chi connectivity index (χ2n) is 6.17. The zero-order valence-electron chi connectivity index (χ0n) is 15.4. The van der Waals surface area contributed by atoms with Gasteiger partial charge in [0.25, 0.3) is 0 Å². The molecule has 0 amide bonds. The van der Waals surface area contributed by atoms with Crippen molar-refractivity contribution < 1.29 is 8.42 Å². The molecule has 1 aliphatic rings. The summed E-state index contributed by atoms with van der Waals surface area (Å²) >= 11 is 1.80. The van der Waals surface area contributed by atoms with Crippen LogP contribution in [-0.2, 0) is 10.0 Å². The third-order valence-electron chi connectivity index (χ3n) is 4.15. The largest absolute Gasteiger partial charge is 0.356 e. The maximum atomic E-state index is 11.0. The van der Waals surface area contributed by atoms with Gasteiger partial charge < -0.3 is 10.6 Å². The molecule has 10 heteroatoms. The van der Waals surface area contributed by atoms with Crippen LogP contribution in [0, 0.1) is 0 Å². The van der Waals surface area contributed by atoms with Crippen molar-refractivity contribution in [3.05, 3.63) is 22.4 Å². The highest BCUT2D eigenvalue weighted by atomic mass is 127. The SMILES string of the molecule is CN=C(NCCCNS(C)(=O)=O)NCC(c1cccs1)N1CCCC1.I. The van der Waals surface area contributed by atoms with E-state index in [0.717, 1.165) is 25.6 Å². The molecule has 0 aromatic carbocycles. The number of thiophene rings is 1. The smallest absolute Gasteiger partial charge is 0.208 e. The molecule has 0 saturated carbocycles. The lowest BCUT2D eigenvalue weighted by atomic mass is 10.2. The van der Waals surface area contributed by atoms with Gasteiger partial charge >= 0.3 is 0 Å². The molecule has 1 aromatic heterocycles. The van der Waals surface area contributed by atoms with E-state index in [1.54, 1.807) is 18.4 Å². The van der Waals surface area contributed by atoms with Crippen LogP contribution in [0.25, 0.3) is 0 Å². The van der Waals surface area contributed by atoms with E-state index >= 15 is 0 Å². The van der Waals surface area contributed by atoms with E-state index < -0.39 is 10.0 Å². The number of halogens is 1. The van der Waals surface area contributed by atoms with Crippen molar-refractivity contribution in [1.29, 1.82) is 0 Å². The lowest BCUT2D eigenvalue weighted by molar-refractivity contribution is 0.249. The van der Waals surface area contributed by atoms with Crippen molar-refractivity contribution >= 4 is 51.3 Å². The molecule has 7 nitrogen and oxygen atoms in total. The monoisotopic (exact) mass is 515 g/mol. The van der Waals surface area contributed by atoms with Gasteiger partial charge in [0.2, 0.25) is 10.0 Å². The van der Waals surface area contributed by atoms with E-state index in [1.807, 2.05) is 0 Å². The molecule has 1 aliphatic heterocycles. The van der Waals surface area contributed by atoms with Crippen molar-refractivity contribution in [1.82, 2.24) is 20.3 Å². The van der Waals surface area contributed by atoms with Gasteiger partial charge in [0.05, 0.1) is 12.3 Å². The summed E-state index contributed by atoms with van der Waals surface area (Å²) in [7, 11) is -1.36. The van der Waals surface area contributed by atoms with Gasteiger partial charge in [-0.1, -0.05) is 6.07 Å². The van der Waals surface area contributed by atoms with Gasteiger partial charge in [-0.25, -0.2) is 13.1 Å². The number of likely N-dealkylation sites (tertiary alicyclic amines) is 1. The second-order valence-corrected chi connectivity index (χ2v) is 8.99. The predicted molar refractivity (Wildman–Crippen MR) is 120 cm³/mol. The molecule has 2 rings (SSSR count). The fraction of sp³-hybridized carbons (Fsp3) is 0.688. The van der Waals surface area contributed by atoms with E-state index in [1.165, 1.54) is 24.0 Å². The third kappa shape index (κ3) is 8.51. The number of aliphatic imine (C=N–C) groups is 1. The average Bonchev–Trinajstić information content (AvgIpc) is 3.26. The molecular weight excluding hydrogens is 485 g/mol. The Morgan fingerprint density at radius 2 is 2.04 bits per heavy atom. The van der Waals surface area contributed by atoms with Crippen LogP contribution >= 0.6 is 35.3 Å². The van der Waals surface area contributed by atoms with Gasteiger partial charge in [-0.05, 0) is 43.8 Å². The molecular formula is C16H30IN5O2S2. The Morgan fingerprint density at radius 1 is 1.31 bits per heavy atom. The number of hydrogen-bond acceptors (Lipinski definition) is 5. The Bertz CT molecular complexity index is 631. The van der Waals surface area contributed by atoms with Crippen molar-refractivity contribution in [2.24, 2.45) is 4.99 Å². The summed E-state index contributed by atoms with van der Waals surface area (Å²) in [4.78, 5) is 8.16. The summed E-state index contributed by atoms with van der Waals surface area (Å²) in [5, 5.41) is 8.77. The van der Waals surface area contributed by atoms with Gasteiger partial charge in [-0.3, -0.25) is 9.89 Å². The first-order valence-electron chi connectivity index (χ1n) is 8.66. The highest BCUT2D eigenvalue weighted by Gasteiger charge is 2.24. The fourth-order valence-corrected chi connectivity index (χ4v) is 4.29. The van der Waals surface area contributed by atoms with Crippen LogP contribution in [0.1, 0.15) is 30.2 Å². The number of guanidine groups is 1. The Balaban J connectivity index is 0.00000338. The van der Waals surface area contributed by atoms with Crippen molar-refractivity contribution in [2.45, 2.75) is 25.3 Å². The lowest BCUT2D eigenvalue weighted by Gasteiger charge is -2.27. The molecule has 150 valence electrons. The molecule has 0 spiro atoms. The predicted octanol–water partition coefficient (Wildman–Crippen LogP) is 1.61. The van der Waals surface area contributed by atoms with E-state index in [4.69, 9.17) is 0 Å². The number of rotatable bonds is 9. The van der Waals surface area contributed by atoms with Gasteiger partial charge in [-0.15, -0.1) is 35.3 Å². The average molecular weight is 515 g/mol. The van der Waals surface area contributed by atoms with Crippen LogP contribution in [0.3, 0.4) is 0 Å². The summed E-state index contributed by atoms with van der Waals surface area (Å²) in [5.41, 5.74) is 0. The zero-order chi connectivity index (χ0) is 18.1. The standard InChI is InChI=1S/C16H29N5O2S2.HI/c1-17-16(18-8-6-9-20-25(2,22)23)19-13-14(15-7-5-12-24-15)21-10-3-4-11-21;/h5,7,12,14,20H,3-4,6,8-11,13H2,1-2H3,(H2,17,18,19);1H. The summed E-state index contributed by atoms with van der Waals surface area (Å²) < 4.78 is 24.5. The van der Waals surface area contributed by atoms with Gasteiger partial charge in [0.1, 0.15) is 0 Å². The highest BCUT2D eigenvalue weighted by Crippen LogP contribution is 2.27. The molecule has 2 heterocycles. The first-order chi connectivity index (χ1) is 12.0. The molecule has 1 unspecified atom stereocenters. The summed E-state index contributed by atoms with van der Waals surface area (Å²) in [6.45, 7) is 4.19. The normalized spacial score (nSPS) is 16.9. The van der Waals surface area contributed by atoms with Crippen LogP contribution < -0.4 is 15.4 Å². The zero-order valence-corrected chi connectivity index (χ0v) is 19.4.